The van der Waals surface area contributed by atoms with Gasteiger partial charge in [0.15, 0.2) is 0 Å². The molecular weight excluding hydrogens is 246 g/mol. The molecule has 0 radical (unpaired) electrons. The molecule has 0 saturated carbocycles. The zero-order chi connectivity index (χ0) is 13.8. The fourth-order valence-corrected chi connectivity index (χ4v) is 3.53. The molecular formula is C14H19NO4. The van der Waals surface area contributed by atoms with Gasteiger partial charge in [0.2, 0.25) is 5.91 Å². The zero-order valence-electron chi connectivity index (χ0n) is 11.5. The van der Waals surface area contributed by atoms with E-state index in [2.05, 4.69) is 6.92 Å². The molecule has 2 bridgehead atoms. The van der Waals surface area contributed by atoms with E-state index in [0.717, 1.165) is 6.42 Å². The molecule has 0 aromatic carbocycles. The van der Waals surface area contributed by atoms with Crippen molar-refractivity contribution in [3.63, 3.8) is 0 Å². The van der Waals surface area contributed by atoms with Gasteiger partial charge in [0, 0.05) is 6.04 Å². The summed E-state index contributed by atoms with van der Waals surface area (Å²) in [4.78, 5) is 26.4. The molecule has 3 rings (SSSR count). The molecule has 1 spiro atoms. The SMILES string of the molecule is CCC(C)N1CC23C=C[C@@H](O2)C(C(=O)OC)[C@@H]3C1=O. The van der Waals surface area contributed by atoms with Crippen molar-refractivity contribution in [3.05, 3.63) is 12.2 Å². The van der Waals surface area contributed by atoms with Crippen molar-refractivity contribution in [2.45, 2.75) is 38.0 Å². The topological polar surface area (TPSA) is 55.8 Å². The lowest BCUT2D eigenvalue weighted by Crippen LogP contribution is -2.40. The van der Waals surface area contributed by atoms with Gasteiger partial charge in [-0.1, -0.05) is 19.1 Å². The van der Waals surface area contributed by atoms with Gasteiger partial charge in [0.25, 0.3) is 0 Å². The molecule has 3 aliphatic rings. The maximum absolute atomic E-state index is 12.6. The van der Waals surface area contributed by atoms with Crippen molar-refractivity contribution in [1.82, 2.24) is 4.90 Å². The van der Waals surface area contributed by atoms with Crippen LogP contribution in [0.1, 0.15) is 20.3 Å². The van der Waals surface area contributed by atoms with Gasteiger partial charge in [-0.25, -0.2) is 0 Å². The van der Waals surface area contributed by atoms with Gasteiger partial charge in [-0.05, 0) is 13.3 Å². The van der Waals surface area contributed by atoms with Crippen LogP contribution in [0.2, 0.25) is 0 Å². The number of nitrogens with zero attached hydrogens (tertiary/aromatic N) is 1. The summed E-state index contributed by atoms with van der Waals surface area (Å²) in [6.45, 7) is 4.63. The van der Waals surface area contributed by atoms with Gasteiger partial charge >= 0.3 is 5.97 Å². The van der Waals surface area contributed by atoms with E-state index in [1.807, 2.05) is 24.0 Å². The minimum absolute atomic E-state index is 0.0246. The summed E-state index contributed by atoms with van der Waals surface area (Å²) < 4.78 is 10.8. The van der Waals surface area contributed by atoms with Crippen molar-refractivity contribution >= 4 is 11.9 Å². The highest BCUT2D eigenvalue weighted by molar-refractivity contribution is 5.91. The van der Waals surface area contributed by atoms with Crippen molar-refractivity contribution in [2.75, 3.05) is 13.7 Å². The second kappa shape index (κ2) is 4.07. The fourth-order valence-electron chi connectivity index (χ4n) is 3.53. The number of likely N-dealkylation sites (tertiary alicyclic amines) is 1. The van der Waals surface area contributed by atoms with Crippen molar-refractivity contribution in [3.8, 4) is 0 Å². The molecule has 0 aromatic heterocycles. The molecule has 0 N–H and O–H groups in total. The number of ether oxygens (including phenoxy) is 2. The second-order valence-corrected chi connectivity index (χ2v) is 5.65. The summed E-state index contributed by atoms with van der Waals surface area (Å²) in [5, 5.41) is 0. The third kappa shape index (κ3) is 1.51. The van der Waals surface area contributed by atoms with E-state index in [-0.39, 0.29) is 24.0 Å². The number of fused-ring (bicyclic) bond motifs is 1. The summed E-state index contributed by atoms with van der Waals surface area (Å²) >= 11 is 0. The van der Waals surface area contributed by atoms with Gasteiger partial charge in [-0.2, -0.15) is 0 Å². The molecule has 5 atom stereocenters. The largest absolute Gasteiger partial charge is 0.469 e. The Bertz CT molecular complexity index is 460. The van der Waals surface area contributed by atoms with Crippen LogP contribution in [0, 0.1) is 11.8 Å². The summed E-state index contributed by atoms with van der Waals surface area (Å²) in [5.41, 5.74) is -0.607. The monoisotopic (exact) mass is 265 g/mol. The van der Waals surface area contributed by atoms with E-state index in [9.17, 15) is 9.59 Å². The van der Waals surface area contributed by atoms with Crippen LogP contribution in [0.15, 0.2) is 12.2 Å². The molecule has 2 saturated heterocycles. The summed E-state index contributed by atoms with van der Waals surface area (Å²) in [6.07, 6.45) is 4.44. The normalized spacial score (nSPS) is 40.7. The van der Waals surface area contributed by atoms with Crippen molar-refractivity contribution in [2.24, 2.45) is 11.8 Å². The second-order valence-electron chi connectivity index (χ2n) is 5.65. The third-order valence-corrected chi connectivity index (χ3v) is 4.73. The lowest BCUT2D eigenvalue weighted by atomic mass is 9.77. The molecule has 5 heteroatoms. The maximum atomic E-state index is 12.6. The van der Waals surface area contributed by atoms with E-state index in [1.165, 1.54) is 7.11 Å². The number of hydrogen-bond acceptors (Lipinski definition) is 4. The summed E-state index contributed by atoms with van der Waals surface area (Å²) in [6, 6.07) is 0.168. The average molecular weight is 265 g/mol. The van der Waals surface area contributed by atoms with E-state index >= 15 is 0 Å². The van der Waals surface area contributed by atoms with Crippen LogP contribution < -0.4 is 0 Å². The fraction of sp³-hybridized carbons (Fsp3) is 0.714. The quantitative estimate of drug-likeness (QED) is 0.558. The highest BCUT2D eigenvalue weighted by atomic mass is 16.5. The van der Waals surface area contributed by atoms with Crippen LogP contribution in [0.3, 0.4) is 0 Å². The number of carbonyl (C=O) groups excluding carboxylic acids is 2. The molecule has 104 valence electrons. The third-order valence-electron chi connectivity index (χ3n) is 4.73. The number of hydrogen-bond donors (Lipinski definition) is 0. The molecule has 3 aliphatic heterocycles. The lowest BCUT2D eigenvalue weighted by Gasteiger charge is -2.26. The first-order valence-electron chi connectivity index (χ1n) is 6.79. The first-order valence-corrected chi connectivity index (χ1v) is 6.79. The minimum atomic E-state index is -0.607. The van der Waals surface area contributed by atoms with Crippen LogP contribution in [0.4, 0.5) is 0 Å². The van der Waals surface area contributed by atoms with E-state index in [0.29, 0.717) is 6.54 Å². The highest BCUT2D eigenvalue weighted by Crippen LogP contribution is 2.52. The number of rotatable bonds is 3. The maximum Gasteiger partial charge on any atom is 0.312 e. The van der Waals surface area contributed by atoms with Crippen LogP contribution in [-0.2, 0) is 19.1 Å². The van der Waals surface area contributed by atoms with Crippen LogP contribution >= 0.6 is 0 Å². The molecule has 2 fully saturated rings. The average Bonchev–Trinajstić information content (AvgIpc) is 3.05. The lowest BCUT2D eigenvalue weighted by molar-refractivity contribution is -0.151. The number of amides is 1. The van der Waals surface area contributed by atoms with Gasteiger partial charge in [0.05, 0.1) is 25.7 Å². The number of methoxy groups -OCH3 is 1. The van der Waals surface area contributed by atoms with Crippen molar-refractivity contribution < 1.29 is 19.1 Å². The highest BCUT2D eigenvalue weighted by Gasteiger charge is 2.67. The number of esters is 1. The number of carbonyl (C=O) groups is 2. The Morgan fingerprint density at radius 2 is 2.42 bits per heavy atom. The standard InChI is InChI=1S/C14H19NO4/c1-4-8(2)15-7-14-6-5-9(19-14)10(13(17)18-3)11(14)12(15)16/h5-6,8-11H,4,7H2,1-3H3/t8?,9-,10?,11-,14?/m1/s1. The molecule has 19 heavy (non-hydrogen) atoms. The molecule has 3 heterocycles. The molecule has 1 amide bonds. The Labute approximate surface area is 112 Å². The predicted molar refractivity (Wildman–Crippen MR) is 67.2 cm³/mol. The van der Waals surface area contributed by atoms with Crippen LogP contribution in [0.5, 0.6) is 0 Å². The Morgan fingerprint density at radius 1 is 1.68 bits per heavy atom. The molecule has 0 aliphatic carbocycles. The van der Waals surface area contributed by atoms with E-state index < -0.39 is 17.4 Å². The first-order chi connectivity index (χ1) is 9.04. The summed E-state index contributed by atoms with van der Waals surface area (Å²) in [5.74, 6) is -1.22. The van der Waals surface area contributed by atoms with Gasteiger partial charge < -0.3 is 14.4 Å². The van der Waals surface area contributed by atoms with Crippen molar-refractivity contribution in [1.29, 1.82) is 0 Å². The van der Waals surface area contributed by atoms with E-state index in [4.69, 9.17) is 9.47 Å². The Balaban J connectivity index is 1.95. The minimum Gasteiger partial charge on any atom is -0.469 e. The molecule has 0 aromatic rings. The van der Waals surface area contributed by atoms with E-state index in [1.54, 1.807) is 0 Å². The Kier molecular flexibility index (Phi) is 2.71. The molecule has 5 nitrogen and oxygen atoms in total. The van der Waals surface area contributed by atoms with Gasteiger partial charge in [-0.3, -0.25) is 9.59 Å². The molecule has 3 unspecified atom stereocenters. The van der Waals surface area contributed by atoms with Gasteiger partial charge in [0.1, 0.15) is 11.5 Å². The smallest absolute Gasteiger partial charge is 0.312 e. The first kappa shape index (κ1) is 12.7. The van der Waals surface area contributed by atoms with Crippen LogP contribution in [0.25, 0.3) is 0 Å². The van der Waals surface area contributed by atoms with Crippen LogP contribution in [-0.4, -0.2) is 48.2 Å². The summed E-state index contributed by atoms with van der Waals surface area (Å²) in [7, 11) is 1.36. The Morgan fingerprint density at radius 3 is 3.05 bits per heavy atom. The zero-order valence-corrected chi connectivity index (χ0v) is 11.5. The van der Waals surface area contributed by atoms with Gasteiger partial charge in [-0.15, -0.1) is 0 Å². The Hall–Kier alpha value is -1.36. The predicted octanol–water partition coefficient (Wildman–Crippen LogP) is 0.740.